The predicted octanol–water partition coefficient (Wildman–Crippen LogP) is 2.91. The Morgan fingerprint density at radius 3 is 2.67 bits per heavy atom. The van der Waals surface area contributed by atoms with Crippen molar-refractivity contribution in [3.8, 4) is 0 Å². The van der Waals surface area contributed by atoms with Crippen LogP contribution in [0.15, 0.2) is 18.2 Å². The van der Waals surface area contributed by atoms with Gasteiger partial charge in [0.25, 0.3) is 0 Å². The summed E-state index contributed by atoms with van der Waals surface area (Å²) in [7, 11) is 0. The molecule has 4 nitrogen and oxygen atoms in total. The number of ether oxygens (including phenoxy) is 1. The molecule has 0 radical (unpaired) electrons. The van der Waals surface area contributed by atoms with Crippen molar-refractivity contribution in [1.29, 1.82) is 0 Å². The van der Waals surface area contributed by atoms with Crippen LogP contribution in [0.5, 0.6) is 0 Å². The molecule has 1 atom stereocenters. The van der Waals surface area contributed by atoms with E-state index in [1.807, 2.05) is 0 Å². The molecule has 2 rings (SSSR count). The van der Waals surface area contributed by atoms with Gasteiger partial charge in [-0.05, 0) is 30.7 Å². The Labute approximate surface area is 119 Å². The van der Waals surface area contributed by atoms with Crippen molar-refractivity contribution in [3.05, 3.63) is 29.3 Å². The molecule has 1 fully saturated rings. The van der Waals surface area contributed by atoms with Crippen molar-refractivity contribution >= 4 is 17.6 Å². The molecule has 1 amide bonds. The van der Waals surface area contributed by atoms with Crippen molar-refractivity contribution in [2.45, 2.75) is 25.9 Å². The second-order valence-electron chi connectivity index (χ2n) is 5.03. The largest absolute Gasteiger partial charge is 0.465 e. The average Bonchev–Trinajstić information content (AvgIpc) is 2.72. The van der Waals surface area contributed by atoms with Gasteiger partial charge in [-0.3, -0.25) is 9.59 Å². The lowest BCUT2D eigenvalue weighted by molar-refractivity contribution is -0.138. The van der Waals surface area contributed by atoms with Crippen LogP contribution < -0.4 is 5.32 Å². The van der Waals surface area contributed by atoms with E-state index in [4.69, 9.17) is 4.74 Å². The minimum Gasteiger partial charge on any atom is -0.465 e. The Bertz CT molecular complexity index is 569. The van der Waals surface area contributed by atoms with Gasteiger partial charge in [0.15, 0.2) is 0 Å². The fourth-order valence-corrected chi connectivity index (χ4v) is 2.23. The topological polar surface area (TPSA) is 55.4 Å². The van der Waals surface area contributed by atoms with E-state index in [1.54, 1.807) is 0 Å². The molecule has 0 spiro atoms. The van der Waals surface area contributed by atoms with Crippen LogP contribution in [0, 0.1) is 12.8 Å². The van der Waals surface area contributed by atoms with Gasteiger partial charge >= 0.3 is 12.1 Å². The summed E-state index contributed by atoms with van der Waals surface area (Å²) in [6.07, 6.45) is -4.11. The number of aryl methyl sites for hydroxylation is 1. The van der Waals surface area contributed by atoms with Gasteiger partial charge in [0, 0.05) is 18.0 Å². The SMILES string of the molecule is Cc1cc(NC(=O)CC2COC(=O)C2)ccc1C(F)(F)F. The monoisotopic (exact) mass is 301 g/mol. The van der Waals surface area contributed by atoms with Crippen LogP contribution in [0.2, 0.25) is 0 Å². The summed E-state index contributed by atoms with van der Waals surface area (Å²) >= 11 is 0. The molecule has 1 saturated heterocycles. The predicted molar refractivity (Wildman–Crippen MR) is 68.5 cm³/mol. The Kier molecular flexibility index (Phi) is 4.20. The van der Waals surface area contributed by atoms with Crippen molar-refractivity contribution < 1.29 is 27.5 Å². The highest BCUT2D eigenvalue weighted by atomic mass is 19.4. The van der Waals surface area contributed by atoms with Crippen LogP contribution in [0.4, 0.5) is 18.9 Å². The number of halogens is 3. The molecule has 1 heterocycles. The maximum atomic E-state index is 12.6. The number of esters is 1. The van der Waals surface area contributed by atoms with E-state index < -0.39 is 11.7 Å². The Hall–Kier alpha value is -2.05. The average molecular weight is 301 g/mol. The van der Waals surface area contributed by atoms with E-state index in [2.05, 4.69) is 5.32 Å². The van der Waals surface area contributed by atoms with E-state index in [-0.39, 0.29) is 42.8 Å². The van der Waals surface area contributed by atoms with E-state index in [0.29, 0.717) is 5.69 Å². The first-order valence-corrected chi connectivity index (χ1v) is 6.39. The van der Waals surface area contributed by atoms with Gasteiger partial charge < -0.3 is 10.1 Å². The molecule has 1 aliphatic rings. The zero-order chi connectivity index (χ0) is 15.6. The van der Waals surface area contributed by atoms with Crippen LogP contribution >= 0.6 is 0 Å². The highest BCUT2D eigenvalue weighted by molar-refractivity contribution is 5.91. The number of alkyl halides is 3. The third-order valence-electron chi connectivity index (χ3n) is 3.22. The molecule has 0 saturated carbocycles. The van der Waals surface area contributed by atoms with Gasteiger partial charge in [0.2, 0.25) is 5.91 Å². The first kappa shape index (κ1) is 15.3. The van der Waals surface area contributed by atoms with Crippen LogP contribution in [0.25, 0.3) is 0 Å². The van der Waals surface area contributed by atoms with Crippen LogP contribution in [0.3, 0.4) is 0 Å². The maximum Gasteiger partial charge on any atom is 0.416 e. The molecule has 1 aliphatic heterocycles. The van der Waals surface area contributed by atoms with Crippen molar-refractivity contribution in [1.82, 2.24) is 0 Å². The quantitative estimate of drug-likeness (QED) is 0.873. The number of rotatable bonds is 3. The summed E-state index contributed by atoms with van der Waals surface area (Å²) < 4.78 is 42.6. The first-order valence-electron chi connectivity index (χ1n) is 6.39. The normalized spacial score (nSPS) is 18.5. The van der Waals surface area contributed by atoms with Gasteiger partial charge in [0.05, 0.1) is 18.6 Å². The van der Waals surface area contributed by atoms with Crippen molar-refractivity contribution in [2.24, 2.45) is 5.92 Å². The molecular weight excluding hydrogens is 287 g/mol. The van der Waals surface area contributed by atoms with Gasteiger partial charge in [-0.15, -0.1) is 0 Å². The molecule has 0 aromatic heterocycles. The number of amides is 1. The smallest absolute Gasteiger partial charge is 0.416 e. The van der Waals surface area contributed by atoms with E-state index in [1.165, 1.54) is 19.1 Å². The lowest BCUT2D eigenvalue weighted by atomic mass is 10.0. The zero-order valence-corrected chi connectivity index (χ0v) is 11.3. The number of nitrogens with one attached hydrogen (secondary N) is 1. The summed E-state index contributed by atoms with van der Waals surface area (Å²) in [5.41, 5.74) is -0.384. The van der Waals surface area contributed by atoms with Crippen LogP contribution in [-0.4, -0.2) is 18.5 Å². The van der Waals surface area contributed by atoms with Gasteiger partial charge in [0.1, 0.15) is 0 Å². The molecule has 1 unspecified atom stereocenters. The molecule has 1 aromatic rings. The van der Waals surface area contributed by atoms with Gasteiger partial charge in [-0.25, -0.2) is 0 Å². The number of benzene rings is 1. The Balaban J connectivity index is 1.98. The van der Waals surface area contributed by atoms with Gasteiger partial charge in [-0.2, -0.15) is 13.2 Å². The third-order valence-corrected chi connectivity index (χ3v) is 3.22. The van der Waals surface area contributed by atoms with E-state index >= 15 is 0 Å². The first-order chi connectivity index (χ1) is 9.75. The standard InChI is InChI=1S/C14H14F3NO3/c1-8-4-10(2-3-11(8)14(15,16)17)18-12(19)5-9-6-13(20)21-7-9/h2-4,9H,5-7H2,1H3,(H,18,19). The Morgan fingerprint density at radius 1 is 1.43 bits per heavy atom. The highest BCUT2D eigenvalue weighted by Crippen LogP contribution is 2.33. The minimum absolute atomic E-state index is 0.0414. The molecule has 1 N–H and O–H groups in total. The molecule has 114 valence electrons. The summed E-state index contributed by atoms with van der Waals surface area (Å²) in [6.45, 7) is 1.54. The van der Waals surface area contributed by atoms with Crippen LogP contribution in [0.1, 0.15) is 24.0 Å². The second-order valence-corrected chi connectivity index (χ2v) is 5.03. The fourth-order valence-electron chi connectivity index (χ4n) is 2.23. The molecule has 21 heavy (non-hydrogen) atoms. The molecular formula is C14H14F3NO3. The summed E-state index contributed by atoms with van der Waals surface area (Å²) in [5.74, 6) is -0.858. The molecule has 1 aromatic carbocycles. The summed E-state index contributed by atoms with van der Waals surface area (Å²) in [5, 5.41) is 2.53. The number of cyclic esters (lactones) is 1. The summed E-state index contributed by atoms with van der Waals surface area (Å²) in [6, 6.07) is 3.42. The highest BCUT2D eigenvalue weighted by Gasteiger charge is 2.32. The fraction of sp³-hybridized carbons (Fsp3) is 0.429. The molecule has 0 aliphatic carbocycles. The van der Waals surface area contributed by atoms with E-state index in [9.17, 15) is 22.8 Å². The van der Waals surface area contributed by atoms with Crippen molar-refractivity contribution in [3.63, 3.8) is 0 Å². The third kappa shape index (κ3) is 3.96. The van der Waals surface area contributed by atoms with Gasteiger partial charge in [-0.1, -0.05) is 0 Å². The van der Waals surface area contributed by atoms with Crippen LogP contribution in [-0.2, 0) is 20.5 Å². The Morgan fingerprint density at radius 2 is 2.14 bits per heavy atom. The number of carbonyl (C=O) groups excluding carboxylic acids is 2. The van der Waals surface area contributed by atoms with E-state index in [0.717, 1.165) is 6.07 Å². The number of carbonyl (C=O) groups is 2. The lowest BCUT2D eigenvalue weighted by Gasteiger charge is -2.13. The lowest BCUT2D eigenvalue weighted by Crippen LogP contribution is -2.17. The minimum atomic E-state index is -4.41. The second kappa shape index (κ2) is 5.75. The number of anilines is 1. The molecule has 0 bridgehead atoms. The number of hydrogen-bond acceptors (Lipinski definition) is 3. The maximum absolute atomic E-state index is 12.6. The van der Waals surface area contributed by atoms with Crippen molar-refractivity contribution in [2.75, 3.05) is 11.9 Å². The summed E-state index contributed by atoms with van der Waals surface area (Å²) in [4.78, 5) is 22.7. The zero-order valence-electron chi connectivity index (χ0n) is 11.3. The molecule has 7 heteroatoms. The number of hydrogen-bond donors (Lipinski definition) is 1.